The molecule has 0 aromatic carbocycles. The zero-order chi connectivity index (χ0) is 11.7. The quantitative estimate of drug-likeness (QED) is 0.829. The van der Waals surface area contributed by atoms with Gasteiger partial charge in [-0.05, 0) is 27.7 Å². The lowest BCUT2D eigenvalue weighted by Crippen LogP contribution is -2.51. The maximum atomic E-state index is 9.96. The fourth-order valence-electron chi connectivity index (χ4n) is 0.869. The minimum absolute atomic E-state index is 0.433. The van der Waals surface area contributed by atoms with Crippen molar-refractivity contribution in [2.45, 2.75) is 52.2 Å². The van der Waals surface area contributed by atoms with E-state index in [1.54, 1.807) is 13.8 Å². The third-order valence-corrected chi connectivity index (χ3v) is 3.40. The van der Waals surface area contributed by atoms with E-state index in [0.717, 1.165) is 17.4 Å². The summed E-state index contributed by atoms with van der Waals surface area (Å²) in [5.41, 5.74) is -1.25. The van der Waals surface area contributed by atoms with Crippen LogP contribution >= 0.6 is 11.5 Å². The molecule has 1 aromatic heterocycles. The summed E-state index contributed by atoms with van der Waals surface area (Å²) in [6, 6.07) is 0. The Morgan fingerprint density at radius 2 is 1.93 bits per heavy atom. The van der Waals surface area contributed by atoms with Crippen molar-refractivity contribution < 1.29 is 5.11 Å². The highest BCUT2D eigenvalue weighted by Crippen LogP contribution is 2.26. The van der Waals surface area contributed by atoms with Crippen molar-refractivity contribution in [2.24, 2.45) is 0 Å². The Hall–Kier alpha value is -0.680. The van der Waals surface area contributed by atoms with Crippen molar-refractivity contribution >= 4 is 16.7 Å². The van der Waals surface area contributed by atoms with Gasteiger partial charge in [-0.1, -0.05) is 6.92 Å². The van der Waals surface area contributed by atoms with Crippen LogP contribution in [0.2, 0.25) is 0 Å². The Morgan fingerprint density at radius 1 is 1.33 bits per heavy atom. The van der Waals surface area contributed by atoms with Crippen molar-refractivity contribution in [3.63, 3.8) is 0 Å². The average Bonchev–Trinajstić information content (AvgIpc) is 2.49. The second-order valence-corrected chi connectivity index (χ2v) is 5.43. The van der Waals surface area contributed by atoms with Gasteiger partial charge < -0.3 is 10.4 Å². The average molecular weight is 229 g/mol. The molecule has 0 radical (unpaired) electrons. The molecule has 0 spiro atoms. The van der Waals surface area contributed by atoms with Crippen LogP contribution in [0.4, 0.5) is 5.13 Å². The lowest BCUT2D eigenvalue weighted by atomic mass is 9.86. The van der Waals surface area contributed by atoms with E-state index in [0.29, 0.717) is 0 Å². The molecule has 0 aliphatic heterocycles. The Bertz CT molecular complexity index is 328. The zero-order valence-corrected chi connectivity index (χ0v) is 10.8. The first-order valence-electron chi connectivity index (χ1n) is 5.09. The number of nitrogens with one attached hydrogen (secondary N) is 1. The molecular formula is C10H19N3OS. The van der Waals surface area contributed by atoms with Gasteiger partial charge in [0.2, 0.25) is 5.13 Å². The van der Waals surface area contributed by atoms with Gasteiger partial charge in [0.15, 0.2) is 0 Å². The molecule has 0 fully saturated rings. The lowest BCUT2D eigenvalue weighted by Gasteiger charge is -2.37. The van der Waals surface area contributed by atoms with Crippen molar-refractivity contribution in [1.82, 2.24) is 9.36 Å². The normalized spacial score (nSPS) is 12.9. The highest BCUT2D eigenvalue weighted by atomic mass is 32.1. The number of hydrogen-bond donors (Lipinski definition) is 2. The van der Waals surface area contributed by atoms with E-state index >= 15 is 0 Å². The number of anilines is 1. The lowest BCUT2D eigenvalue weighted by molar-refractivity contribution is 0.0240. The van der Waals surface area contributed by atoms with Gasteiger partial charge >= 0.3 is 0 Å². The van der Waals surface area contributed by atoms with Crippen LogP contribution in [0.25, 0.3) is 0 Å². The molecule has 0 aliphatic rings. The highest BCUT2D eigenvalue weighted by molar-refractivity contribution is 7.09. The van der Waals surface area contributed by atoms with Gasteiger partial charge in [-0.15, -0.1) is 0 Å². The fraction of sp³-hybridized carbons (Fsp3) is 0.800. The second kappa shape index (κ2) is 4.06. The van der Waals surface area contributed by atoms with Crippen LogP contribution in [0.5, 0.6) is 0 Å². The summed E-state index contributed by atoms with van der Waals surface area (Å²) in [6.07, 6.45) is 0.834. The molecule has 0 bridgehead atoms. The van der Waals surface area contributed by atoms with E-state index in [-0.39, 0.29) is 0 Å². The van der Waals surface area contributed by atoms with Crippen molar-refractivity contribution in [2.75, 3.05) is 5.32 Å². The molecular weight excluding hydrogens is 210 g/mol. The van der Waals surface area contributed by atoms with Gasteiger partial charge in [-0.2, -0.15) is 4.37 Å². The van der Waals surface area contributed by atoms with E-state index in [2.05, 4.69) is 14.7 Å². The van der Waals surface area contributed by atoms with Crippen LogP contribution in [0.15, 0.2) is 0 Å². The third kappa shape index (κ3) is 2.89. The number of aromatic nitrogens is 2. The van der Waals surface area contributed by atoms with Crippen LogP contribution in [0, 0.1) is 0 Å². The summed E-state index contributed by atoms with van der Waals surface area (Å²) in [5, 5.41) is 13.9. The van der Waals surface area contributed by atoms with Gasteiger partial charge in [-0.3, -0.25) is 0 Å². The Kier molecular flexibility index (Phi) is 3.35. The van der Waals surface area contributed by atoms with Gasteiger partial charge in [0, 0.05) is 18.0 Å². The molecule has 4 nitrogen and oxygen atoms in total. The van der Waals surface area contributed by atoms with E-state index in [1.807, 2.05) is 20.8 Å². The van der Waals surface area contributed by atoms with Gasteiger partial charge in [-0.25, -0.2) is 4.98 Å². The van der Waals surface area contributed by atoms with Gasteiger partial charge in [0.25, 0.3) is 0 Å². The molecule has 5 heteroatoms. The molecule has 0 amide bonds. The van der Waals surface area contributed by atoms with E-state index < -0.39 is 11.1 Å². The standard InChI is InChI=1S/C10H19N3OS/c1-6-7-11-8(15-13-7)12-9(2,3)10(4,5)14/h14H,6H2,1-5H3,(H,11,12,13). The maximum Gasteiger partial charge on any atom is 0.203 e. The molecule has 0 aliphatic carbocycles. The Morgan fingerprint density at radius 3 is 2.33 bits per heavy atom. The zero-order valence-electron chi connectivity index (χ0n) is 9.96. The van der Waals surface area contributed by atoms with Gasteiger partial charge in [0.05, 0.1) is 11.1 Å². The Labute approximate surface area is 94.9 Å². The van der Waals surface area contributed by atoms with Crippen LogP contribution < -0.4 is 5.32 Å². The minimum atomic E-state index is -0.814. The van der Waals surface area contributed by atoms with Gasteiger partial charge in [0.1, 0.15) is 5.82 Å². The topological polar surface area (TPSA) is 58.0 Å². The smallest absolute Gasteiger partial charge is 0.203 e. The summed E-state index contributed by atoms with van der Waals surface area (Å²) >= 11 is 1.33. The predicted molar refractivity (Wildman–Crippen MR) is 63.3 cm³/mol. The van der Waals surface area contributed by atoms with Crippen molar-refractivity contribution in [3.8, 4) is 0 Å². The molecule has 0 saturated carbocycles. The minimum Gasteiger partial charge on any atom is -0.388 e. The molecule has 1 aromatic rings. The molecule has 0 saturated heterocycles. The summed E-state index contributed by atoms with van der Waals surface area (Å²) in [7, 11) is 0. The SMILES string of the molecule is CCc1nsc(NC(C)(C)C(C)(C)O)n1. The van der Waals surface area contributed by atoms with Crippen LogP contribution in [0.1, 0.15) is 40.4 Å². The van der Waals surface area contributed by atoms with E-state index in [1.165, 1.54) is 11.5 Å². The molecule has 1 rings (SSSR count). The summed E-state index contributed by atoms with van der Waals surface area (Å²) < 4.78 is 4.19. The number of hydrogen-bond acceptors (Lipinski definition) is 5. The maximum absolute atomic E-state index is 9.96. The van der Waals surface area contributed by atoms with Crippen LogP contribution in [0.3, 0.4) is 0 Å². The first kappa shape index (κ1) is 12.4. The number of nitrogens with zero attached hydrogens (tertiary/aromatic N) is 2. The second-order valence-electron chi connectivity index (χ2n) is 4.68. The number of aryl methyl sites for hydroxylation is 1. The molecule has 15 heavy (non-hydrogen) atoms. The number of aliphatic hydroxyl groups is 1. The summed E-state index contributed by atoms with van der Waals surface area (Å²) in [5.74, 6) is 0.842. The predicted octanol–water partition coefficient (Wildman–Crippen LogP) is 2.06. The summed E-state index contributed by atoms with van der Waals surface area (Å²) in [6.45, 7) is 9.47. The van der Waals surface area contributed by atoms with Crippen molar-refractivity contribution in [1.29, 1.82) is 0 Å². The highest BCUT2D eigenvalue weighted by Gasteiger charge is 2.35. The fourth-order valence-corrected chi connectivity index (χ4v) is 1.68. The van der Waals surface area contributed by atoms with E-state index in [9.17, 15) is 5.11 Å². The molecule has 86 valence electrons. The molecule has 0 atom stereocenters. The van der Waals surface area contributed by atoms with Crippen LogP contribution in [-0.2, 0) is 6.42 Å². The molecule has 1 heterocycles. The largest absolute Gasteiger partial charge is 0.388 e. The Balaban J connectivity index is 2.77. The van der Waals surface area contributed by atoms with E-state index in [4.69, 9.17) is 0 Å². The first-order valence-corrected chi connectivity index (χ1v) is 5.87. The molecule has 0 unspecified atom stereocenters. The van der Waals surface area contributed by atoms with Crippen LogP contribution in [-0.4, -0.2) is 25.6 Å². The van der Waals surface area contributed by atoms with Crippen molar-refractivity contribution in [3.05, 3.63) is 5.82 Å². The number of rotatable bonds is 4. The third-order valence-electron chi connectivity index (χ3n) is 2.73. The monoisotopic (exact) mass is 229 g/mol. The first-order chi connectivity index (χ1) is 6.76. The molecule has 2 N–H and O–H groups in total. The summed E-state index contributed by atoms with van der Waals surface area (Å²) in [4.78, 5) is 4.31.